The Morgan fingerprint density at radius 3 is 2.76 bits per heavy atom. The molecule has 3 rings (SSSR count). The second-order valence-corrected chi connectivity index (χ2v) is 6.93. The molecule has 0 aromatic carbocycles. The summed E-state index contributed by atoms with van der Waals surface area (Å²) in [5, 5.41) is 3.34. The second-order valence-electron chi connectivity index (χ2n) is 6.93. The van der Waals surface area contributed by atoms with E-state index in [-0.39, 0.29) is 5.41 Å². The molecular formula is C16H29N3O2. The molecule has 120 valence electrons. The maximum Gasteiger partial charge on any atom is 0.232 e. The van der Waals surface area contributed by atoms with Crippen molar-refractivity contribution in [3.8, 4) is 0 Å². The second kappa shape index (κ2) is 6.63. The first kappa shape index (κ1) is 15.3. The summed E-state index contributed by atoms with van der Waals surface area (Å²) in [5.74, 6) is 0.314. The number of rotatable bonds is 4. The van der Waals surface area contributed by atoms with E-state index in [0.717, 1.165) is 39.0 Å². The van der Waals surface area contributed by atoms with Crippen molar-refractivity contribution in [2.24, 2.45) is 5.41 Å². The SMILES string of the molecule is COCC1(C(=O)N2CCC(N3CCCCC3)C2)CCNC1. The molecule has 0 radical (unpaired) electrons. The molecule has 0 aliphatic carbocycles. The predicted molar refractivity (Wildman–Crippen MR) is 82.2 cm³/mol. The van der Waals surface area contributed by atoms with Crippen LogP contribution < -0.4 is 5.32 Å². The number of carbonyl (C=O) groups excluding carboxylic acids is 1. The molecule has 3 aliphatic rings. The highest BCUT2D eigenvalue weighted by Gasteiger charge is 2.45. The molecule has 1 amide bonds. The lowest BCUT2D eigenvalue weighted by Gasteiger charge is -2.34. The molecule has 5 heteroatoms. The fourth-order valence-corrected chi connectivity index (χ4v) is 4.23. The highest BCUT2D eigenvalue weighted by molar-refractivity contribution is 5.84. The Bertz CT molecular complexity index is 363. The molecule has 3 heterocycles. The average molecular weight is 295 g/mol. The zero-order valence-corrected chi connectivity index (χ0v) is 13.3. The largest absolute Gasteiger partial charge is 0.384 e. The van der Waals surface area contributed by atoms with Crippen LogP contribution in [0.4, 0.5) is 0 Å². The van der Waals surface area contributed by atoms with Gasteiger partial charge in [-0.15, -0.1) is 0 Å². The first-order chi connectivity index (χ1) is 10.2. The number of piperidine rings is 1. The van der Waals surface area contributed by atoms with Gasteiger partial charge in [0.25, 0.3) is 0 Å². The number of amides is 1. The van der Waals surface area contributed by atoms with Crippen molar-refractivity contribution in [2.45, 2.75) is 38.1 Å². The molecule has 3 fully saturated rings. The minimum Gasteiger partial charge on any atom is -0.384 e. The summed E-state index contributed by atoms with van der Waals surface area (Å²) in [5.41, 5.74) is -0.314. The van der Waals surface area contributed by atoms with Gasteiger partial charge in [-0.1, -0.05) is 6.42 Å². The Kier molecular flexibility index (Phi) is 4.82. The van der Waals surface area contributed by atoms with Gasteiger partial charge in [-0.2, -0.15) is 0 Å². The van der Waals surface area contributed by atoms with Crippen molar-refractivity contribution in [1.82, 2.24) is 15.1 Å². The topological polar surface area (TPSA) is 44.8 Å². The zero-order valence-electron chi connectivity index (χ0n) is 13.3. The van der Waals surface area contributed by atoms with Crippen LogP contribution in [-0.4, -0.2) is 74.7 Å². The molecule has 2 atom stereocenters. The van der Waals surface area contributed by atoms with Gasteiger partial charge >= 0.3 is 0 Å². The molecule has 0 saturated carbocycles. The number of methoxy groups -OCH3 is 1. The van der Waals surface area contributed by atoms with Gasteiger partial charge in [0, 0.05) is 32.8 Å². The van der Waals surface area contributed by atoms with Crippen LogP contribution in [0.5, 0.6) is 0 Å². The van der Waals surface area contributed by atoms with Crippen molar-refractivity contribution in [3.05, 3.63) is 0 Å². The van der Waals surface area contributed by atoms with Gasteiger partial charge < -0.3 is 15.0 Å². The van der Waals surface area contributed by atoms with Crippen LogP contribution in [-0.2, 0) is 9.53 Å². The molecule has 5 nitrogen and oxygen atoms in total. The van der Waals surface area contributed by atoms with E-state index in [0.29, 0.717) is 18.6 Å². The lowest BCUT2D eigenvalue weighted by Crippen LogP contribution is -2.48. The van der Waals surface area contributed by atoms with Gasteiger partial charge in [0.05, 0.1) is 12.0 Å². The number of ether oxygens (including phenoxy) is 1. The Morgan fingerprint density at radius 2 is 2.10 bits per heavy atom. The first-order valence-corrected chi connectivity index (χ1v) is 8.48. The third-order valence-electron chi connectivity index (χ3n) is 5.48. The molecule has 0 aromatic rings. The molecule has 3 saturated heterocycles. The zero-order chi connectivity index (χ0) is 14.7. The number of nitrogens with zero attached hydrogens (tertiary/aromatic N) is 2. The van der Waals surface area contributed by atoms with Crippen LogP contribution in [0, 0.1) is 5.41 Å². The van der Waals surface area contributed by atoms with Crippen LogP contribution in [0.2, 0.25) is 0 Å². The first-order valence-electron chi connectivity index (χ1n) is 8.48. The standard InChI is InChI=1S/C16H29N3O2/c1-21-13-16(6-7-17-12-16)15(20)19-10-5-14(11-19)18-8-3-2-4-9-18/h14,17H,2-13H2,1H3. The van der Waals surface area contributed by atoms with E-state index in [9.17, 15) is 4.79 Å². The molecule has 2 unspecified atom stereocenters. The van der Waals surface area contributed by atoms with E-state index in [1.165, 1.54) is 32.4 Å². The lowest BCUT2D eigenvalue weighted by atomic mass is 9.86. The van der Waals surface area contributed by atoms with Crippen LogP contribution in [0.25, 0.3) is 0 Å². The summed E-state index contributed by atoms with van der Waals surface area (Å²) in [4.78, 5) is 17.7. The molecule has 0 bridgehead atoms. The summed E-state index contributed by atoms with van der Waals surface area (Å²) in [7, 11) is 1.70. The molecule has 0 spiro atoms. The Morgan fingerprint density at radius 1 is 1.29 bits per heavy atom. The van der Waals surface area contributed by atoms with E-state index >= 15 is 0 Å². The third-order valence-corrected chi connectivity index (χ3v) is 5.48. The highest BCUT2D eigenvalue weighted by Crippen LogP contribution is 2.31. The van der Waals surface area contributed by atoms with Crippen molar-refractivity contribution < 1.29 is 9.53 Å². The average Bonchev–Trinajstić information content (AvgIpc) is 3.18. The lowest BCUT2D eigenvalue weighted by molar-refractivity contribution is -0.143. The summed E-state index contributed by atoms with van der Waals surface area (Å²) < 4.78 is 5.36. The third kappa shape index (κ3) is 3.10. The quantitative estimate of drug-likeness (QED) is 0.829. The van der Waals surface area contributed by atoms with Crippen molar-refractivity contribution >= 4 is 5.91 Å². The van der Waals surface area contributed by atoms with Crippen LogP contribution in [0.1, 0.15) is 32.1 Å². The van der Waals surface area contributed by atoms with Gasteiger partial charge in [0.15, 0.2) is 0 Å². The fourth-order valence-electron chi connectivity index (χ4n) is 4.23. The van der Waals surface area contributed by atoms with Gasteiger partial charge in [0.2, 0.25) is 5.91 Å². The number of carbonyl (C=O) groups is 1. The van der Waals surface area contributed by atoms with E-state index < -0.39 is 0 Å². The van der Waals surface area contributed by atoms with Crippen LogP contribution >= 0.6 is 0 Å². The minimum atomic E-state index is -0.314. The van der Waals surface area contributed by atoms with Crippen LogP contribution in [0.3, 0.4) is 0 Å². The van der Waals surface area contributed by atoms with E-state index in [1.54, 1.807) is 7.11 Å². The van der Waals surface area contributed by atoms with Gasteiger partial charge in [-0.05, 0) is 45.3 Å². The molecule has 0 aromatic heterocycles. The maximum atomic E-state index is 13.0. The van der Waals surface area contributed by atoms with E-state index in [2.05, 4.69) is 15.1 Å². The molecule has 1 N–H and O–H groups in total. The Labute approximate surface area is 128 Å². The maximum absolute atomic E-state index is 13.0. The monoisotopic (exact) mass is 295 g/mol. The van der Waals surface area contributed by atoms with Crippen LogP contribution in [0.15, 0.2) is 0 Å². The summed E-state index contributed by atoms with van der Waals surface area (Å²) in [6, 6.07) is 0.586. The molecule has 3 aliphatic heterocycles. The normalized spacial score (nSPS) is 34.5. The minimum absolute atomic E-state index is 0.314. The van der Waals surface area contributed by atoms with Gasteiger partial charge in [-0.3, -0.25) is 9.69 Å². The summed E-state index contributed by atoms with van der Waals surface area (Å²) in [6.07, 6.45) is 6.06. The fraction of sp³-hybridized carbons (Fsp3) is 0.938. The van der Waals surface area contributed by atoms with E-state index in [4.69, 9.17) is 4.74 Å². The molecular weight excluding hydrogens is 266 g/mol. The van der Waals surface area contributed by atoms with Crippen molar-refractivity contribution in [3.63, 3.8) is 0 Å². The Balaban J connectivity index is 1.60. The van der Waals surface area contributed by atoms with Gasteiger partial charge in [-0.25, -0.2) is 0 Å². The number of nitrogens with one attached hydrogen (secondary N) is 1. The smallest absolute Gasteiger partial charge is 0.232 e. The van der Waals surface area contributed by atoms with Crippen molar-refractivity contribution in [1.29, 1.82) is 0 Å². The number of hydrogen-bond acceptors (Lipinski definition) is 4. The predicted octanol–water partition coefficient (Wildman–Crippen LogP) is 0.699. The number of hydrogen-bond donors (Lipinski definition) is 1. The highest BCUT2D eigenvalue weighted by atomic mass is 16.5. The molecule has 21 heavy (non-hydrogen) atoms. The van der Waals surface area contributed by atoms with Gasteiger partial charge in [0.1, 0.15) is 0 Å². The summed E-state index contributed by atoms with van der Waals surface area (Å²) >= 11 is 0. The Hall–Kier alpha value is -0.650. The number of likely N-dealkylation sites (tertiary alicyclic amines) is 2. The van der Waals surface area contributed by atoms with E-state index in [1.807, 2.05) is 0 Å². The summed E-state index contributed by atoms with van der Waals surface area (Å²) in [6.45, 7) is 6.53. The van der Waals surface area contributed by atoms with Crippen molar-refractivity contribution in [2.75, 3.05) is 53.0 Å².